The van der Waals surface area contributed by atoms with Crippen molar-refractivity contribution in [1.82, 2.24) is 15.5 Å². The van der Waals surface area contributed by atoms with Crippen LogP contribution in [0.4, 0.5) is 4.79 Å². The molecule has 1 atom stereocenters. The molecule has 0 spiro atoms. The van der Waals surface area contributed by atoms with E-state index in [9.17, 15) is 4.79 Å². The van der Waals surface area contributed by atoms with Gasteiger partial charge in [0.2, 0.25) is 0 Å². The molecule has 0 bridgehead atoms. The smallest absolute Gasteiger partial charge is 0.410 e. The second-order valence-electron chi connectivity index (χ2n) is 7.71. The second kappa shape index (κ2) is 9.80. The number of nitrogens with one attached hydrogen (secondary N) is 2. The molecule has 2 rings (SSSR count). The lowest BCUT2D eigenvalue weighted by atomic mass is 9.95. The molecule has 1 aliphatic rings. The molecule has 1 saturated heterocycles. The normalized spacial score (nSPS) is 18.5. The highest BCUT2D eigenvalue weighted by atomic mass is 32.1. The minimum atomic E-state index is -0.438. The summed E-state index contributed by atoms with van der Waals surface area (Å²) in [6.45, 7) is 8.91. The third-order valence-electron chi connectivity index (χ3n) is 4.28. The first-order chi connectivity index (χ1) is 12.4. The summed E-state index contributed by atoms with van der Waals surface area (Å²) in [7, 11) is 1.79. The van der Waals surface area contributed by atoms with Crippen LogP contribution in [-0.4, -0.2) is 49.2 Å². The van der Waals surface area contributed by atoms with Crippen LogP contribution in [0.25, 0.3) is 0 Å². The zero-order valence-corrected chi connectivity index (χ0v) is 17.2. The van der Waals surface area contributed by atoms with Crippen molar-refractivity contribution in [2.75, 3.05) is 26.7 Å². The third-order valence-corrected chi connectivity index (χ3v) is 5.01. The first-order valence-electron chi connectivity index (χ1n) is 9.31. The quantitative estimate of drug-likeness (QED) is 0.606. The fraction of sp³-hybridized carbons (Fsp3) is 0.684. The highest BCUT2D eigenvalue weighted by Crippen LogP contribution is 2.21. The Hall–Kier alpha value is -1.76. The number of rotatable bonds is 5. The maximum absolute atomic E-state index is 12.2. The van der Waals surface area contributed by atoms with E-state index in [1.807, 2.05) is 25.7 Å². The number of ether oxygens (including phenoxy) is 1. The Morgan fingerprint density at radius 3 is 2.88 bits per heavy atom. The summed E-state index contributed by atoms with van der Waals surface area (Å²) in [5.41, 5.74) is 0.824. The zero-order valence-electron chi connectivity index (χ0n) is 16.4. The zero-order chi connectivity index (χ0) is 19.0. The lowest BCUT2D eigenvalue weighted by molar-refractivity contribution is 0.0162. The van der Waals surface area contributed by atoms with E-state index in [0.717, 1.165) is 51.4 Å². The minimum absolute atomic E-state index is 0.191. The number of likely N-dealkylation sites (tertiary alicyclic amines) is 1. The topological polar surface area (TPSA) is 66.0 Å². The van der Waals surface area contributed by atoms with Gasteiger partial charge in [-0.1, -0.05) is 0 Å². The molecular weight excluding hydrogens is 348 g/mol. The lowest BCUT2D eigenvalue weighted by Crippen LogP contribution is -2.44. The van der Waals surface area contributed by atoms with Crippen LogP contribution < -0.4 is 10.6 Å². The Kier molecular flexibility index (Phi) is 7.75. The van der Waals surface area contributed by atoms with Crippen molar-refractivity contribution in [3.05, 3.63) is 22.4 Å². The van der Waals surface area contributed by atoms with E-state index >= 15 is 0 Å². The summed E-state index contributed by atoms with van der Waals surface area (Å²) in [5, 5.41) is 10.9. The number of nitrogens with zero attached hydrogens (tertiary/aromatic N) is 2. The molecule has 0 saturated carbocycles. The molecule has 1 fully saturated rings. The number of thiophene rings is 1. The van der Waals surface area contributed by atoms with Crippen LogP contribution in [-0.2, 0) is 11.3 Å². The molecule has 26 heavy (non-hydrogen) atoms. The van der Waals surface area contributed by atoms with Gasteiger partial charge in [0.1, 0.15) is 5.60 Å². The molecule has 0 radical (unpaired) electrons. The molecule has 7 heteroatoms. The van der Waals surface area contributed by atoms with Gasteiger partial charge in [-0.2, -0.15) is 11.3 Å². The van der Waals surface area contributed by atoms with Crippen molar-refractivity contribution in [3.8, 4) is 0 Å². The van der Waals surface area contributed by atoms with E-state index in [-0.39, 0.29) is 6.09 Å². The standard InChI is InChI=1S/C19H32N4O2S/c1-19(2,3)25-18(24)23-10-5-6-15(13-23)7-9-21-17(20-4)22-12-16-8-11-26-14-16/h8,11,14-15H,5-7,9-10,12-13H2,1-4H3,(H2,20,21,22). The molecule has 0 aliphatic carbocycles. The summed E-state index contributed by atoms with van der Waals surface area (Å²) in [4.78, 5) is 18.4. The van der Waals surface area contributed by atoms with Gasteiger partial charge in [0, 0.05) is 33.2 Å². The summed E-state index contributed by atoms with van der Waals surface area (Å²) >= 11 is 1.70. The Morgan fingerprint density at radius 1 is 1.42 bits per heavy atom. The van der Waals surface area contributed by atoms with Gasteiger partial charge >= 0.3 is 6.09 Å². The van der Waals surface area contributed by atoms with Crippen LogP contribution in [0.2, 0.25) is 0 Å². The predicted molar refractivity (Wildman–Crippen MR) is 108 cm³/mol. The number of carbonyl (C=O) groups is 1. The monoisotopic (exact) mass is 380 g/mol. The molecule has 6 nitrogen and oxygen atoms in total. The molecule has 0 aromatic carbocycles. The lowest BCUT2D eigenvalue weighted by Gasteiger charge is -2.34. The molecule has 1 aromatic rings. The summed E-state index contributed by atoms with van der Waals surface area (Å²) in [6.07, 6.45) is 3.01. The molecule has 146 valence electrons. The number of piperidine rings is 1. The summed E-state index contributed by atoms with van der Waals surface area (Å²) in [6, 6.07) is 2.11. The van der Waals surface area contributed by atoms with Crippen LogP contribution in [0.5, 0.6) is 0 Å². The Bertz CT molecular complexity index is 581. The van der Waals surface area contributed by atoms with Gasteiger partial charge in [0.25, 0.3) is 0 Å². The molecule has 1 aliphatic heterocycles. The third kappa shape index (κ3) is 7.23. The Balaban J connectivity index is 1.70. The molecule has 1 aromatic heterocycles. The summed E-state index contributed by atoms with van der Waals surface area (Å²) < 4.78 is 5.50. The van der Waals surface area contributed by atoms with E-state index < -0.39 is 5.60 Å². The van der Waals surface area contributed by atoms with Gasteiger partial charge in [-0.25, -0.2) is 4.79 Å². The highest BCUT2D eigenvalue weighted by molar-refractivity contribution is 7.07. The van der Waals surface area contributed by atoms with Crippen LogP contribution in [0, 0.1) is 5.92 Å². The van der Waals surface area contributed by atoms with Gasteiger partial charge in [0.05, 0.1) is 0 Å². The van der Waals surface area contributed by atoms with Crippen LogP contribution in [0.1, 0.15) is 45.6 Å². The maximum Gasteiger partial charge on any atom is 0.410 e. The first kappa shape index (κ1) is 20.6. The number of carbonyl (C=O) groups excluding carboxylic acids is 1. The number of hydrogen-bond donors (Lipinski definition) is 2. The Labute approximate surface area is 161 Å². The first-order valence-corrected chi connectivity index (χ1v) is 10.2. The van der Waals surface area contributed by atoms with Gasteiger partial charge < -0.3 is 20.3 Å². The van der Waals surface area contributed by atoms with Crippen molar-refractivity contribution in [2.45, 2.75) is 52.2 Å². The molecule has 1 unspecified atom stereocenters. The van der Waals surface area contributed by atoms with E-state index in [2.05, 4.69) is 32.5 Å². The number of hydrogen-bond acceptors (Lipinski definition) is 4. The second-order valence-corrected chi connectivity index (χ2v) is 8.49. The average molecular weight is 381 g/mol. The largest absolute Gasteiger partial charge is 0.444 e. The van der Waals surface area contributed by atoms with E-state index in [4.69, 9.17) is 4.74 Å². The molecule has 2 N–H and O–H groups in total. The minimum Gasteiger partial charge on any atom is -0.444 e. The summed E-state index contributed by atoms with van der Waals surface area (Å²) in [5.74, 6) is 1.31. The SMILES string of the molecule is CN=C(NCCC1CCCN(C(=O)OC(C)(C)C)C1)NCc1ccsc1. The number of aliphatic imine (C=N–C) groups is 1. The van der Waals surface area contributed by atoms with Crippen molar-refractivity contribution in [1.29, 1.82) is 0 Å². The number of amides is 1. The molecule has 2 heterocycles. The van der Waals surface area contributed by atoms with Crippen LogP contribution in [0.15, 0.2) is 21.8 Å². The van der Waals surface area contributed by atoms with Crippen molar-refractivity contribution in [3.63, 3.8) is 0 Å². The number of guanidine groups is 1. The molecular formula is C19H32N4O2S. The van der Waals surface area contributed by atoms with E-state index in [1.54, 1.807) is 18.4 Å². The fourth-order valence-electron chi connectivity index (χ4n) is 2.99. The highest BCUT2D eigenvalue weighted by Gasteiger charge is 2.27. The predicted octanol–water partition coefficient (Wildman–Crippen LogP) is 3.45. The average Bonchev–Trinajstić information content (AvgIpc) is 3.10. The van der Waals surface area contributed by atoms with Crippen molar-refractivity contribution in [2.24, 2.45) is 10.9 Å². The van der Waals surface area contributed by atoms with Crippen molar-refractivity contribution < 1.29 is 9.53 Å². The van der Waals surface area contributed by atoms with Gasteiger partial charge in [-0.3, -0.25) is 4.99 Å². The molecule has 1 amide bonds. The van der Waals surface area contributed by atoms with Crippen molar-refractivity contribution >= 4 is 23.4 Å². The van der Waals surface area contributed by atoms with E-state index in [0.29, 0.717) is 5.92 Å². The van der Waals surface area contributed by atoms with Gasteiger partial charge in [0.15, 0.2) is 5.96 Å². The van der Waals surface area contributed by atoms with E-state index in [1.165, 1.54) is 5.56 Å². The van der Waals surface area contributed by atoms with Gasteiger partial charge in [-0.15, -0.1) is 0 Å². The Morgan fingerprint density at radius 2 is 2.23 bits per heavy atom. The van der Waals surface area contributed by atoms with Crippen LogP contribution in [0.3, 0.4) is 0 Å². The van der Waals surface area contributed by atoms with Crippen LogP contribution >= 0.6 is 11.3 Å². The fourth-order valence-corrected chi connectivity index (χ4v) is 3.66. The maximum atomic E-state index is 12.2. The van der Waals surface area contributed by atoms with Gasteiger partial charge in [-0.05, 0) is 68.3 Å².